The molecule has 2 unspecified atom stereocenters. The van der Waals surface area contributed by atoms with Crippen molar-refractivity contribution in [1.29, 1.82) is 0 Å². The molecule has 0 saturated carbocycles. The molecule has 0 amide bonds. The van der Waals surface area contributed by atoms with Crippen LogP contribution in [-0.4, -0.2) is 6.61 Å². The van der Waals surface area contributed by atoms with Gasteiger partial charge in [0, 0.05) is 16.3 Å². The maximum absolute atomic E-state index is 6.08. The lowest BCUT2D eigenvalue weighted by Gasteiger charge is -2.17. The Kier molecular flexibility index (Phi) is 3.75. The van der Waals surface area contributed by atoms with E-state index in [-0.39, 0.29) is 10.7 Å². The summed E-state index contributed by atoms with van der Waals surface area (Å²) < 4.78 is 5.72. The summed E-state index contributed by atoms with van der Waals surface area (Å²) in [4.78, 5) is 0.158. The normalized spacial score (nSPS) is 18.8. The maximum atomic E-state index is 6.08. The van der Waals surface area contributed by atoms with Crippen molar-refractivity contribution in [3.8, 4) is 5.75 Å². The van der Waals surface area contributed by atoms with Crippen LogP contribution in [0, 0.1) is 0 Å². The van der Waals surface area contributed by atoms with Gasteiger partial charge >= 0.3 is 0 Å². The fraction of sp³-hybridized carbons (Fsp3) is 0.200. The number of benzene rings is 2. The molecule has 0 aromatic heterocycles. The Morgan fingerprint density at radius 3 is 2.68 bits per heavy atom. The fourth-order valence-electron chi connectivity index (χ4n) is 2.35. The highest BCUT2D eigenvalue weighted by molar-refractivity contribution is 9.09. The number of rotatable bonds is 2. The SMILES string of the molecule is Clc1ccc(C(Br)C2COc3ccccc32)cc1Cl. The Labute approximate surface area is 130 Å². The predicted octanol–water partition coefficient (Wildman–Crippen LogP) is 5.61. The van der Waals surface area contributed by atoms with E-state index in [1.807, 2.05) is 36.4 Å². The Balaban J connectivity index is 1.93. The van der Waals surface area contributed by atoms with Crippen molar-refractivity contribution in [2.45, 2.75) is 10.7 Å². The molecule has 2 aromatic carbocycles. The highest BCUT2D eigenvalue weighted by Crippen LogP contribution is 2.46. The van der Waals surface area contributed by atoms with Gasteiger partial charge in [-0.2, -0.15) is 0 Å². The molecule has 0 aliphatic carbocycles. The lowest BCUT2D eigenvalue weighted by Crippen LogP contribution is -2.07. The van der Waals surface area contributed by atoms with Crippen LogP contribution in [0.25, 0.3) is 0 Å². The number of fused-ring (bicyclic) bond motifs is 1. The summed E-state index contributed by atoms with van der Waals surface area (Å²) in [7, 11) is 0. The lowest BCUT2D eigenvalue weighted by atomic mass is 9.94. The summed E-state index contributed by atoms with van der Waals surface area (Å²) in [6.45, 7) is 0.676. The van der Waals surface area contributed by atoms with Crippen LogP contribution in [0.4, 0.5) is 0 Å². The first-order valence-electron chi connectivity index (χ1n) is 5.97. The molecule has 0 saturated heterocycles. The first-order valence-corrected chi connectivity index (χ1v) is 7.64. The van der Waals surface area contributed by atoms with Crippen LogP contribution in [-0.2, 0) is 0 Å². The molecule has 1 heterocycles. The molecule has 1 aliphatic rings. The van der Waals surface area contributed by atoms with Crippen LogP contribution in [0.15, 0.2) is 42.5 Å². The maximum Gasteiger partial charge on any atom is 0.122 e. The number of halogens is 3. The number of alkyl halides is 1. The van der Waals surface area contributed by atoms with E-state index in [1.165, 1.54) is 5.56 Å². The third-order valence-corrected chi connectivity index (χ3v) is 5.26. The zero-order valence-corrected chi connectivity index (χ0v) is 13.0. The molecule has 19 heavy (non-hydrogen) atoms. The van der Waals surface area contributed by atoms with Gasteiger partial charge in [-0.25, -0.2) is 0 Å². The molecule has 1 aliphatic heterocycles. The van der Waals surface area contributed by atoms with E-state index >= 15 is 0 Å². The van der Waals surface area contributed by atoms with Crippen molar-refractivity contribution in [3.05, 3.63) is 63.6 Å². The second-order valence-electron chi connectivity index (χ2n) is 4.53. The van der Waals surface area contributed by atoms with Gasteiger partial charge in [-0.1, -0.05) is 63.4 Å². The van der Waals surface area contributed by atoms with Gasteiger partial charge in [-0.05, 0) is 23.8 Å². The van der Waals surface area contributed by atoms with E-state index in [0.29, 0.717) is 16.7 Å². The molecule has 0 fully saturated rings. The summed E-state index contributed by atoms with van der Waals surface area (Å²) >= 11 is 15.8. The molecule has 0 bridgehead atoms. The zero-order chi connectivity index (χ0) is 13.4. The minimum atomic E-state index is 0.158. The average molecular weight is 358 g/mol. The van der Waals surface area contributed by atoms with Gasteiger partial charge in [0.25, 0.3) is 0 Å². The van der Waals surface area contributed by atoms with Gasteiger partial charge < -0.3 is 4.74 Å². The van der Waals surface area contributed by atoms with Crippen LogP contribution in [0.2, 0.25) is 10.0 Å². The van der Waals surface area contributed by atoms with Crippen LogP contribution in [0.5, 0.6) is 5.75 Å². The second-order valence-corrected chi connectivity index (χ2v) is 6.33. The van der Waals surface area contributed by atoms with Gasteiger partial charge in [0.15, 0.2) is 0 Å². The molecular weight excluding hydrogens is 347 g/mol. The van der Waals surface area contributed by atoms with E-state index in [2.05, 4.69) is 22.0 Å². The molecule has 2 atom stereocenters. The Morgan fingerprint density at radius 1 is 1.11 bits per heavy atom. The minimum Gasteiger partial charge on any atom is -0.493 e. The monoisotopic (exact) mass is 356 g/mol. The molecule has 0 N–H and O–H groups in total. The minimum absolute atomic E-state index is 0.158. The summed E-state index contributed by atoms with van der Waals surface area (Å²) in [5.41, 5.74) is 2.34. The summed E-state index contributed by atoms with van der Waals surface area (Å²) in [5, 5.41) is 1.16. The first kappa shape index (κ1) is 13.3. The van der Waals surface area contributed by atoms with Gasteiger partial charge in [0.05, 0.1) is 16.7 Å². The summed E-state index contributed by atoms with van der Waals surface area (Å²) in [6.07, 6.45) is 0. The number of hydrogen-bond donors (Lipinski definition) is 0. The second kappa shape index (κ2) is 5.35. The Hall–Kier alpha value is -0.700. The van der Waals surface area contributed by atoms with E-state index in [1.54, 1.807) is 0 Å². The number of hydrogen-bond acceptors (Lipinski definition) is 1. The molecule has 2 aromatic rings. The van der Waals surface area contributed by atoms with Crippen molar-refractivity contribution in [2.75, 3.05) is 6.61 Å². The van der Waals surface area contributed by atoms with E-state index < -0.39 is 0 Å². The van der Waals surface area contributed by atoms with Gasteiger partial charge in [-0.15, -0.1) is 0 Å². The standard InChI is InChI=1S/C15H11BrCl2O/c16-15(9-5-6-12(17)13(18)7-9)11-8-19-14-4-2-1-3-10(11)14/h1-7,11,15H,8H2. The highest BCUT2D eigenvalue weighted by Gasteiger charge is 2.30. The largest absolute Gasteiger partial charge is 0.493 e. The average Bonchev–Trinajstić information content (AvgIpc) is 2.85. The molecule has 4 heteroatoms. The van der Waals surface area contributed by atoms with Crippen molar-refractivity contribution in [2.24, 2.45) is 0 Å². The third-order valence-electron chi connectivity index (χ3n) is 3.35. The summed E-state index contributed by atoms with van der Waals surface area (Å²) in [6, 6.07) is 13.9. The number of para-hydroxylation sites is 1. The third kappa shape index (κ3) is 2.49. The smallest absolute Gasteiger partial charge is 0.122 e. The molecule has 3 rings (SSSR count). The van der Waals surface area contributed by atoms with Gasteiger partial charge in [-0.3, -0.25) is 0 Å². The highest BCUT2D eigenvalue weighted by atomic mass is 79.9. The molecule has 0 radical (unpaired) electrons. The first-order chi connectivity index (χ1) is 9.16. The van der Waals surface area contributed by atoms with Crippen LogP contribution in [0.3, 0.4) is 0 Å². The van der Waals surface area contributed by atoms with Crippen molar-refractivity contribution in [1.82, 2.24) is 0 Å². The predicted molar refractivity (Wildman–Crippen MR) is 82.8 cm³/mol. The molecular formula is C15H11BrCl2O. The van der Waals surface area contributed by atoms with Gasteiger partial charge in [0.1, 0.15) is 5.75 Å². The van der Waals surface area contributed by atoms with Crippen LogP contribution in [0.1, 0.15) is 21.9 Å². The van der Waals surface area contributed by atoms with E-state index in [0.717, 1.165) is 11.3 Å². The quantitative estimate of drug-likeness (QED) is 0.635. The number of ether oxygens (including phenoxy) is 1. The zero-order valence-electron chi connectivity index (χ0n) is 9.95. The topological polar surface area (TPSA) is 9.23 Å². The Morgan fingerprint density at radius 2 is 1.89 bits per heavy atom. The Bertz CT molecular complexity index is 615. The van der Waals surface area contributed by atoms with Crippen molar-refractivity contribution < 1.29 is 4.74 Å². The molecule has 1 nitrogen and oxygen atoms in total. The van der Waals surface area contributed by atoms with Crippen molar-refractivity contribution in [3.63, 3.8) is 0 Å². The fourth-order valence-corrected chi connectivity index (χ4v) is 3.37. The van der Waals surface area contributed by atoms with Crippen LogP contribution >= 0.6 is 39.1 Å². The summed E-state index contributed by atoms with van der Waals surface area (Å²) in [5.74, 6) is 1.26. The van der Waals surface area contributed by atoms with E-state index in [9.17, 15) is 0 Å². The molecule has 0 spiro atoms. The molecule has 98 valence electrons. The van der Waals surface area contributed by atoms with E-state index in [4.69, 9.17) is 27.9 Å². The van der Waals surface area contributed by atoms with Crippen LogP contribution < -0.4 is 4.74 Å². The van der Waals surface area contributed by atoms with Crippen molar-refractivity contribution >= 4 is 39.1 Å². The van der Waals surface area contributed by atoms with Gasteiger partial charge in [0.2, 0.25) is 0 Å². The lowest BCUT2D eigenvalue weighted by molar-refractivity contribution is 0.329.